The minimum Gasteiger partial charge on any atom is -0.309 e. The van der Waals surface area contributed by atoms with Crippen LogP contribution in [0.2, 0.25) is 0 Å². The summed E-state index contributed by atoms with van der Waals surface area (Å²) in [5.74, 6) is 0. The van der Waals surface area contributed by atoms with Crippen LogP contribution >= 0.6 is 0 Å². The number of nitrogens with zero attached hydrogens (tertiary/aromatic N) is 5. The van der Waals surface area contributed by atoms with Crippen LogP contribution in [0.1, 0.15) is 11.1 Å². The summed E-state index contributed by atoms with van der Waals surface area (Å²) in [5, 5.41) is 11.0. The predicted octanol–water partition coefficient (Wildman–Crippen LogP) is 8.72. The molecule has 0 aliphatic carbocycles. The summed E-state index contributed by atoms with van der Waals surface area (Å²) in [6.45, 7) is 4.40. The van der Waals surface area contributed by atoms with Crippen LogP contribution in [0.4, 0.5) is 17.1 Å². The molecule has 0 saturated heterocycles. The van der Waals surface area contributed by atoms with Crippen molar-refractivity contribution < 1.29 is 0 Å². The van der Waals surface area contributed by atoms with Gasteiger partial charge < -0.3 is 9.47 Å². The fourth-order valence-corrected chi connectivity index (χ4v) is 6.57. The zero-order valence-electron chi connectivity index (χ0n) is 24.1. The average Bonchev–Trinajstić information content (AvgIpc) is 3.53. The molecule has 6 heteroatoms. The molecule has 1 aliphatic heterocycles. The molecular formula is C39H25N5O. The predicted molar refractivity (Wildman–Crippen MR) is 182 cm³/mol. The lowest BCUT2D eigenvalue weighted by atomic mass is 9.91. The normalized spacial score (nSPS) is 12.5. The maximum absolute atomic E-state index is 13.3. The first kappa shape index (κ1) is 25.2. The highest BCUT2D eigenvalue weighted by atomic mass is 16.1. The molecule has 9 rings (SSSR count). The Morgan fingerprint density at radius 2 is 1.02 bits per heavy atom. The quantitative estimate of drug-likeness (QED) is 0.197. The number of rotatable bonds is 3. The van der Waals surface area contributed by atoms with E-state index in [-0.39, 0.29) is 5.43 Å². The van der Waals surface area contributed by atoms with E-state index >= 15 is 0 Å². The highest BCUT2D eigenvalue weighted by Crippen LogP contribution is 2.47. The molecule has 6 aromatic carbocycles. The van der Waals surface area contributed by atoms with Crippen LogP contribution in [0.15, 0.2) is 151 Å². The van der Waals surface area contributed by atoms with E-state index in [1.165, 1.54) is 0 Å². The van der Waals surface area contributed by atoms with Gasteiger partial charge in [-0.25, -0.2) is 0 Å². The number of aromatic nitrogens is 4. The zero-order chi connectivity index (χ0) is 30.1. The molecule has 8 aromatic rings. The fraction of sp³-hybridized carbons (Fsp3) is 0. The van der Waals surface area contributed by atoms with Gasteiger partial charge in [0.15, 0.2) is 5.43 Å². The monoisotopic (exact) mass is 579 g/mol. The van der Waals surface area contributed by atoms with E-state index in [1.807, 2.05) is 78.9 Å². The van der Waals surface area contributed by atoms with Crippen LogP contribution in [0.25, 0.3) is 49.8 Å². The van der Waals surface area contributed by atoms with Crippen molar-refractivity contribution in [2.24, 2.45) is 0 Å². The Labute approximate surface area is 258 Å². The van der Waals surface area contributed by atoms with Gasteiger partial charge in [-0.3, -0.25) is 4.79 Å². The van der Waals surface area contributed by atoms with Gasteiger partial charge >= 0.3 is 0 Å². The van der Waals surface area contributed by atoms with Gasteiger partial charge in [-0.05, 0) is 84.4 Å². The lowest BCUT2D eigenvalue weighted by Gasteiger charge is -2.34. The Kier molecular flexibility index (Phi) is 5.40. The second-order valence-electron chi connectivity index (χ2n) is 11.2. The molecule has 3 heterocycles. The first-order chi connectivity index (χ1) is 22.2. The van der Waals surface area contributed by atoms with Crippen molar-refractivity contribution >= 4 is 55.5 Å². The molecule has 45 heavy (non-hydrogen) atoms. The summed E-state index contributed by atoms with van der Waals surface area (Å²) in [4.78, 5) is 17.2. The summed E-state index contributed by atoms with van der Waals surface area (Å²) in [6.07, 6.45) is 0. The zero-order valence-corrected chi connectivity index (χ0v) is 24.1. The molecule has 0 fully saturated rings. The first-order valence-electron chi connectivity index (χ1n) is 14.8. The third-order valence-electron chi connectivity index (χ3n) is 8.68. The van der Waals surface area contributed by atoms with E-state index < -0.39 is 0 Å². The standard InChI is InChI=1S/C39H25N5O/c1-25-29-10-2-6-14-35(29)42(36-15-7-3-11-30(25)36)26-18-20-27(21-19-26)44-40-33-23-22-28(24-34(33)41-44)43-37-16-8-4-12-31(37)39(45)32-13-5-9-17-38(32)43/h2-24H,1H2. The topological polar surface area (TPSA) is 56.0 Å². The molecule has 0 N–H and O–H groups in total. The Balaban J connectivity index is 1.13. The van der Waals surface area contributed by atoms with Gasteiger partial charge in [0.25, 0.3) is 0 Å². The molecule has 0 spiro atoms. The number of benzene rings is 6. The van der Waals surface area contributed by atoms with E-state index in [0.717, 1.165) is 67.2 Å². The van der Waals surface area contributed by atoms with E-state index in [1.54, 1.807) is 4.80 Å². The largest absolute Gasteiger partial charge is 0.309 e. The third-order valence-corrected chi connectivity index (χ3v) is 8.68. The summed E-state index contributed by atoms with van der Waals surface area (Å²) < 4.78 is 2.13. The van der Waals surface area contributed by atoms with E-state index in [0.29, 0.717) is 10.8 Å². The number of hydrogen-bond donors (Lipinski definition) is 0. The molecule has 1 aliphatic rings. The van der Waals surface area contributed by atoms with E-state index in [9.17, 15) is 4.79 Å². The van der Waals surface area contributed by atoms with Crippen LogP contribution < -0.4 is 10.3 Å². The molecule has 212 valence electrons. The molecule has 0 saturated carbocycles. The van der Waals surface area contributed by atoms with Gasteiger partial charge in [-0.2, -0.15) is 4.80 Å². The van der Waals surface area contributed by atoms with Gasteiger partial charge in [-0.1, -0.05) is 67.2 Å². The maximum atomic E-state index is 13.3. The lowest BCUT2D eigenvalue weighted by Crippen LogP contribution is -2.17. The Morgan fingerprint density at radius 3 is 1.67 bits per heavy atom. The van der Waals surface area contributed by atoms with Crippen molar-refractivity contribution in [2.75, 3.05) is 4.90 Å². The van der Waals surface area contributed by atoms with Gasteiger partial charge in [-0.15, -0.1) is 10.2 Å². The van der Waals surface area contributed by atoms with Crippen molar-refractivity contribution in [3.05, 3.63) is 167 Å². The second-order valence-corrected chi connectivity index (χ2v) is 11.2. The molecule has 0 unspecified atom stereocenters. The smallest absolute Gasteiger partial charge is 0.197 e. The Bertz CT molecular complexity index is 2430. The van der Waals surface area contributed by atoms with Crippen molar-refractivity contribution in [3.8, 4) is 11.4 Å². The summed E-state index contributed by atoms with van der Waals surface area (Å²) in [7, 11) is 0. The Morgan fingerprint density at radius 1 is 0.511 bits per heavy atom. The van der Waals surface area contributed by atoms with Crippen LogP contribution in [-0.2, 0) is 0 Å². The molecule has 2 aromatic heterocycles. The first-order valence-corrected chi connectivity index (χ1v) is 14.8. The molecule has 0 bridgehead atoms. The molecular weight excluding hydrogens is 554 g/mol. The summed E-state index contributed by atoms with van der Waals surface area (Å²) in [6, 6.07) is 46.6. The van der Waals surface area contributed by atoms with Gasteiger partial charge in [0.05, 0.1) is 28.1 Å². The minimum atomic E-state index is 0.0365. The number of hydrogen-bond acceptors (Lipinski definition) is 4. The van der Waals surface area contributed by atoms with Crippen molar-refractivity contribution in [1.82, 2.24) is 19.6 Å². The van der Waals surface area contributed by atoms with Crippen molar-refractivity contribution in [3.63, 3.8) is 0 Å². The minimum absolute atomic E-state index is 0.0365. The highest BCUT2D eigenvalue weighted by Gasteiger charge is 2.26. The lowest BCUT2D eigenvalue weighted by molar-refractivity contribution is 0.765. The van der Waals surface area contributed by atoms with Crippen LogP contribution in [0, 0.1) is 0 Å². The molecule has 0 radical (unpaired) electrons. The third kappa shape index (κ3) is 3.79. The van der Waals surface area contributed by atoms with E-state index in [4.69, 9.17) is 10.2 Å². The number of fused-ring (bicyclic) bond motifs is 5. The van der Waals surface area contributed by atoms with Gasteiger partial charge in [0.2, 0.25) is 0 Å². The molecule has 0 amide bonds. The molecule has 0 atom stereocenters. The van der Waals surface area contributed by atoms with Crippen LogP contribution in [0.5, 0.6) is 0 Å². The van der Waals surface area contributed by atoms with E-state index in [2.05, 4.69) is 76.7 Å². The summed E-state index contributed by atoms with van der Waals surface area (Å²) >= 11 is 0. The van der Waals surface area contributed by atoms with Crippen molar-refractivity contribution in [1.29, 1.82) is 0 Å². The SMILES string of the molecule is C=C1c2ccccc2N(c2ccc(-n3nc4ccc(-n5c6ccccc6c(=O)c6ccccc65)cc4n3)cc2)c2ccccc21. The second kappa shape index (κ2) is 9.62. The molecule has 6 nitrogen and oxygen atoms in total. The maximum Gasteiger partial charge on any atom is 0.197 e. The average molecular weight is 580 g/mol. The number of pyridine rings is 1. The van der Waals surface area contributed by atoms with Crippen LogP contribution in [-0.4, -0.2) is 19.6 Å². The van der Waals surface area contributed by atoms with Gasteiger partial charge in [0, 0.05) is 33.3 Å². The van der Waals surface area contributed by atoms with Gasteiger partial charge in [0.1, 0.15) is 11.0 Å². The van der Waals surface area contributed by atoms with Crippen LogP contribution in [0.3, 0.4) is 0 Å². The number of anilines is 3. The summed E-state index contributed by atoms with van der Waals surface area (Å²) in [5.41, 5.74) is 11.6. The highest BCUT2D eigenvalue weighted by molar-refractivity contribution is 6.00. The Hall–Kier alpha value is -6.27. The number of para-hydroxylation sites is 4. The fourth-order valence-electron chi connectivity index (χ4n) is 6.57. The van der Waals surface area contributed by atoms with Crippen molar-refractivity contribution in [2.45, 2.75) is 0 Å².